The molecule has 2 fully saturated rings. The van der Waals surface area contributed by atoms with Crippen LogP contribution in [-0.4, -0.2) is 17.9 Å². The van der Waals surface area contributed by atoms with E-state index in [2.05, 4.69) is 5.32 Å². The Morgan fingerprint density at radius 3 is 2.45 bits per heavy atom. The fourth-order valence-corrected chi connectivity index (χ4v) is 2.30. The van der Waals surface area contributed by atoms with Gasteiger partial charge >= 0.3 is 0 Å². The molecule has 2 rings (SSSR count). The van der Waals surface area contributed by atoms with Gasteiger partial charge in [-0.1, -0.05) is 0 Å². The second-order valence-electron chi connectivity index (χ2n) is 3.85. The first-order chi connectivity index (χ1) is 5.31. The molecular formula is C9H15NO. The molecular weight excluding hydrogens is 138 g/mol. The topological polar surface area (TPSA) is 29.1 Å². The number of Topliss-reactive ketones (excluding diaryl/α,β-unsaturated/α-hetero) is 1. The first kappa shape index (κ1) is 7.29. The van der Waals surface area contributed by atoms with E-state index in [0.29, 0.717) is 11.3 Å². The first-order valence-electron chi connectivity index (χ1n) is 4.58. The summed E-state index contributed by atoms with van der Waals surface area (Å²) in [5.74, 6) is 0.462. The van der Waals surface area contributed by atoms with Crippen molar-refractivity contribution in [2.24, 2.45) is 0 Å². The molecule has 11 heavy (non-hydrogen) atoms. The lowest BCUT2D eigenvalue weighted by Gasteiger charge is -2.32. The summed E-state index contributed by atoms with van der Waals surface area (Å²) in [6.45, 7) is 1.16. The SMILES string of the molecule is O=C1CCC2(CCCN2)CC1. The van der Waals surface area contributed by atoms with Crippen molar-refractivity contribution in [1.29, 1.82) is 0 Å². The monoisotopic (exact) mass is 153 g/mol. The second kappa shape index (κ2) is 2.59. The quantitative estimate of drug-likeness (QED) is 0.567. The molecule has 0 amide bonds. The molecule has 0 aromatic carbocycles. The Morgan fingerprint density at radius 1 is 1.18 bits per heavy atom. The molecule has 1 N–H and O–H groups in total. The average molecular weight is 153 g/mol. The predicted octanol–water partition coefficient (Wildman–Crippen LogP) is 1.25. The molecule has 2 nitrogen and oxygen atoms in total. The van der Waals surface area contributed by atoms with Crippen LogP contribution in [0.5, 0.6) is 0 Å². The number of hydrogen-bond donors (Lipinski definition) is 1. The van der Waals surface area contributed by atoms with Gasteiger partial charge in [0, 0.05) is 18.4 Å². The molecule has 2 aliphatic rings. The van der Waals surface area contributed by atoms with Gasteiger partial charge in [0.1, 0.15) is 5.78 Å². The summed E-state index contributed by atoms with van der Waals surface area (Å²) in [6, 6.07) is 0. The lowest BCUT2D eigenvalue weighted by Crippen LogP contribution is -2.43. The summed E-state index contributed by atoms with van der Waals surface area (Å²) < 4.78 is 0. The lowest BCUT2D eigenvalue weighted by atomic mass is 9.80. The zero-order valence-electron chi connectivity index (χ0n) is 6.86. The normalized spacial score (nSPS) is 29.6. The minimum atomic E-state index is 0.383. The van der Waals surface area contributed by atoms with Gasteiger partial charge in [-0.15, -0.1) is 0 Å². The molecule has 0 bridgehead atoms. The Balaban J connectivity index is 1.99. The average Bonchev–Trinajstić information content (AvgIpc) is 2.45. The van der Waals surface area contributed by atoms with E-state index in [0.717, 1.165) is 32.2 Å². The third kappa shape index (κ3) is 1.32. The maximum atomic E-state index is 11.0. The van der Waals surface area contributed by atoms with Gasteiger partial charge in [0.2, 0.25) is 0 Å². The van der Waals surface area contributed by atoms with Crippen molar-refractivity contribution in [2.75, 3.05) is 6.54 Å². The van der Waals surface area contributed by atoms with Gasteiger partial charge < -0.3 is 5.32 Å². The molecule has 0 atom stereocenters. The highest BCUT2D eigenvalue weighted by molar-refractivity contribution is 5.79. The largest absolute Gasteiger partial charge is 0.311 e. The lowest BCUT2D eigenvalue weighted by molar-refractivity contribution is -0.121. The smallest absolute Gasteiger partial charge is 0.133 e. The Kier molecular flexibility index (Phi) is 1.72. The molecule has 1 aliphatic carbocycles. The molecule has 1 heterocycles. The summed E-state index contributed by atoms with van der Waals surface area (Å²) in [4.78, 5) is 11.0. The van der Waals surface area contributed by atoms with Crippen LogP contribution in [0.25, 0.3) is 0 Å². The van der Waals surface area contributed by atoms with Crippen LogP contribution in [0.4, 0.5) is 0 Å². The van der Waals surface area contributed by atoms with Crippen molar-refractivity contribution >= 4 is 5.78 Å². The van der Waals surface area contributed by atoms with Crippen LogP contribution in [0.2, 0.25) is 0 Å². The number of carbonyl (C=O) groups excluding carboxylic acids is 1. The van der Waals surface area contributed by atoms with Crippen molar-refractivity contribution in [3.63, 3.8) is 0 Å². The Bertz CT molecular complexity index is 158. The fourth-order valence-electron chi connectivity index (χ4n) is 2.30. The fraction of sp³-hybridized carbons (Fsp3) is 0.889. The molecule has 2 heteroatoms. The predicted molar refractivity (Wildman–Crippen MR) is 43.4 cm³/mol. The van der Waals surface area contributed by atoms with Crippen LogP contribution in [0.15, 0.2) is 0 Å². The molecule has 1 saturated carbocycles. The summed E-state index contributed by atoms with van der Waals surface area (Å²) >= 11 is 0. The van der Waals surface area contributed by atoms with E-state index in [9.17, 15) is 4.79 Å². The van der Waals surface area contributed by atoms with Gasteiger partial charge in [-0.3, -0.25) is 4.79 Å². The summed E-state index contributed by atoms with van der Waals surface area (Å²) in [5, 5.41) is 3.54. The molecule has 0 aromatic heterocycles. The van der Waals surface area contributed by atoms with Crippen LogP contribution >= 0.6 is 0 Å². The van der Waals surface area contributed by atoms with Crippen LogP contribution in [0, 0.1) is 0 Å². The summed E-state index contributed by atoms with van der Waals surface area (Å²) in [6.07, 6.45) is 6.39. The zero-order chi connectivity index (χ0) is 7.73. The minimum Gasteiger partial charge on any atom is -0.311 e. The van der Waals surface area contributed by atoms with Crippen LogP contribution in [0.1, 0.15) is 38.5 Å². The number of rotatable bonds is 0. The maximum absolute atomic E-state index is 11.0. The molecule has 62 valence electrons. The van der Waals surface area contributed by atoms with Gasteiger partial charge in [0.15, 0.2) is 0 Å². The van der Waals surface area contributed by atoms with Gasteiger partial charge in [-0.05, 0) is 32.2 Å². The van der Waals surface area contributed by atoms with Gasteiger partial charge in [-0.2, -0.15) is 0 Å². The van der Waals surface area contributed by atoms with Crippen molar-refractivity contribution in [1.82, 2.24) is 5.32 Å². The van der Waals surface area contributed by atoms with E-state index in [-0.39, 0.29) is 0 Å². The van der Waals surface area contributed by atoms with Gasteiger partial charge in [0.05, 0.1) is 0 Å². The van der Waals surface area contributed by atoms with Crippen LogP contribution < -0.4 is 5.32 Å². The van der Waals surface area contributed by atoms with E-state index in [4.69, 9.17) is 0 Å². The number of carbonyl (C=O) groups is 1. The van der Waals surface area contributed by atoms with Gasteiger partial charge in [-0.25, -0.2) is 0 Å². The van der Waals surface area contributed by atoms with Crippen molar-refractivity contribution < 1.29 is 4.79 Å². The summed E-state index contributed by atoms with van der Waals surface area (Å²) in [7, 11) is 0. The zero-order valence-corrected chi connectivity index (χ0v) is 6.86. The minimum absolute atomic E-state index is 0.383. The molecule has 1 saturated heterocycles. The molecule has 1 spiro atoms. The summed E-state index contributed by atoms with van der Waals surface area (Å²) in [5.41, 5.74) is 0.383. The highest BCUT2D eigenvalue weighted by Crippen LogP contribution is 2.33. The molecule has 0 unspecified atom stereocenters. The number of ketones is 1. The van der Waals surface area contributed by atoms with Crippen LogP contribution in [-0.2, 0) is 4.79 Å². The van der Waals surface area contributed by atoms with Crippen LogP contribution in [0.3, 0.4) is 0 Å². The van der Waals surface area contributed by atoms with E-state index in [1.807, 2.05) is 0 Å². The Hall–Kier alpha value is -0.370. The third-order valence-electron chi connectivity index (χ3n) is 3.10. The number of nitrogens with one attached hydrogen (secondary N) is 1. The van der Waals surface area contributed by atoms with Crippen molar-refractivity contribution in [3.05, 3.63) is 0 Å². The maximum Gasteiger partial charge on any atom is 0.133 e. The van der Waals surface area contributed by atoms with E-state index in [1.165, 1.54) is 12.8 Å². The molecule has 0 radical (unpaired) electrons. The van der Waals surface area contributed by atoms with Crippen molar-refractivity contribution in [2.45, 2.75) is 44.1 Å². The molecule has 1 aliphatic heterocycles. The van der Waals surface area contributed by atoms with E-state index in [1.54, 1.807) is 0 Å². The first-order valence-corrected chi connectivity index (χ1v) is 4.58. The van der Waals surface area contributed by atoms with E-state index < -0.39 is 0 Å². The number of hydrogen-bond acceptors (Lipinski definition) is 2. The second-order valence-corrected chi connectivity index (χ2v) is 3.85. The molecule has 0 aromatic rings. The van der Waals surface area contributed by atoms with E-state index >= 15 is 0 Å². The van der Waals surface area contributed by atoms with Crippen molar-refractivity contribution in [3.8, 4) is 0 Å². The Morgan fingerprint density at radius 2 is 1.91 bits per heavy atom. The third-order valence-corrected chi connectivity index (χ3v) is 3.10. The highest BCUT2D eigenvalue weighted by atomic mass is 16.1. The van der Waals surface area contributed by atoms with Gasteiger partial charge in [0.25, 0.3) is 0 Å². The Labute approximate surface area is 67.4 Å². The standard InChI is InChI=1S/C9H15NO/c11-8-2-5-9(6-3-8)4-1-7-10-9/h10H,1-7H2. The highest BCUT2D eigenvalue weighted by Gasteiger charge is 2.36.